The number of nitrogens with one attached hydrogen (secondary N) is 1. The van der Waals surface area contributed by atoms with Crippen LogP contribution in [0.2, 0.25) is 0 Å². The molecule has 0 unspecified atom stereocenters. The number of nitro groups is 1. The number of sulfonamides is 1. The molecule has 11 heteroatoms. The fourth-order valence-corrected chi connectivity index (χ4v) is 3.17. The molecule has 0 bridgehead atoms. The summed E-state index contributed by atoms with van der Waals surface area (Å²) in [5.41, 5.74) is 0.417. The zero-order valence-electron chi connectivity index (χ0n) is 15.9. The van der Waals surface area contributed by atoms with Crippen LogP contribution in [0.25, 0.3) is 0 Å². The Balaban J connectivity index is 2.01. The van der Waals surface area contributed by atoms with Gasteiger partial charge in [0.25, 0.3) is 11.6 Å². The van der Waals surface area contributed by atoms with E-state index in [1.807, 2.05) is 0 Å². The lowest BCUT2D eigenvalue weighted by Gasteiger charge is -2.11. The Kier molecular flexibility index (Phi) is 6.67. The molecule has 0 aromatic heterocycles. The van der Waals surface area contributed by atoms with E-state index >= 15 is 0 Å². The SMILES string of the molecule is Cc1ccc(NC(=O)COC(=O)c2ccc(S(=O)(=O)N(C)C)cc2)c([N+](=O)[O-])c1. The number of nitrogens with zero attached hydrogens (tertiary/aromatic N) is 2. The largest absolute Gasteiger partial charge is 0.452 e. The fraction of sp³-hybridized carbons (Fsp3) is 0.222. The number of hydrogen-bond donors (Lipinski definition) is 1. The molecule has 0 heterocycles. The Bertz CT molecular complexity index is 1050. The Morgan fingerprint density at radius 2 is 1.76 bits per heavy atom. The van der Waals surface area contributed by atoms with Gasteiger partial charge in [-0.15, -0.1) is 0 Å². The molecule has 10 nitrogen and oxygen atoms in total. The molecule has 29 heavy (non-hydrogen) atoms. The van der Waals surface area contributed by atoms with Gasteiger partial charge in [-0.3, -0.25) is 14.9 Å². The maximum Gasteiger partial charge on any atom is 0.338 e. The molecule has 154 valence electrons. The lowest BCUT2D eigenvalue weighted by molar-refractivity contribution is -0.384. The highest BCUT2D eigenvalue weighted by molar-refractivity contribution is 7.89. The van der Waals surface area contributed by atoms with Gasteiger partial charge in [-0.2, -0.15) is 0 Å². The predicted molar refractivity (Wildman–Crippen MR) is 104 cm³/mol. The highest BCUT2D eigenvalue weighted by Gasteiger charge is 2.19. The van der Waals surface area contributed by atoms with Crippen LogP contribution in [0.15, 0.2) is 47.4 Å². The first kappa shape index (κ1) is 22.0. The summed E-state index contributed by atoms with van der Waals surface area (Å²) in [7, 11) is -0.865. The molecule has 2 rings (SSSR count). The first-order valence-electron chi connectivity index (χ1n) is 8.27. The number of hydrogen-bond acceptors (Lipinski definition) is 7. The minimum Gasteiger partial charge on any atom is -0.452 e. The van der Waals surface area contributed by atoms with Crippen LogP contribution in [-0.2, 0) is 19.6 Å². The zero-order chi connectivity index (χ0) is 21.8. The van der Waals surface area contributed by atoms with E-state index in [0.29, 0.717) is 5.56 Å². The molecule has 1 N–H and O–H groups in total. The topological polar surface area (TPSA) is 136 Å². The predicted octanol–water partition coefficient (Wildman–Crippen LogP) is 1.95. The van der Waals surface area contributed by atoms with Crippen molar-refractivity contribution in [1.82, 2.24) is 4.31 Å². The summed E-state index contributed by atoms with van der Waals surface area (Å²) >= 11 is 0. The van der Waals surface area contributed by atoms with Gasteiger partial charge in [0.05, 0.1) is 15.4 Å². The number of amides is 1. The van der Waals surface area contributed by atoms with E-state index in [2.05, 4.69) is 5.32 Å². The Morgan fingerprint density at radius 3 is 2.31 bits per heavy atom. The molecule has 1 amide bonds. The maximum absolute atomic E-state index is 12.0. The van der Waals surface area contributed by atoms with Gasteiger partial charge in [0, 0.05) is 20.2 Å². The number of esters is 1. The molecule has 0 atom stereocenters. The number of benzene rings is 2. The normalized spacial score (nSPS) is 11.2. The Morgan fingerprint density at radius 1 is 1.14 bits per heavy atom. The second kappa shape index (κ2) is 8.80. The second-order valence-electron chi connectivity index (χ2n) is 6.21. The van der Waals surface area contributed by atoms with E-state index < -0.39 is 33.4 Å². The van der Waals surface area contributed by atoms with Gasteiger partial charge in [0.1, 0.15) is 5.69 Å². The van der Waals surface area contributed by atoms with Gasteiger partial charge >= 0.3 is 5.97 Å². The third-order valence-electron chi connectivity index (χ3n) is 3.83. The smallest absolute Gasteiger partial charge is 0.338 e. The lowest BCUT2D eigenvalue weighted by Crippen LogP contribution is -2.22. The molecule has 0 radical (unpaired) electrons. The molecule has 0 saturated heterocycles. The fourth-order valence-electron chi connectivity index (χ4n) is 2.27. The van der Waals surface area contributed by atoms with Crippen LogP contribution in [0.4, 0.5) is 11.4 Å². The number of rotatable bonds is 7. The van der Waals surface area contributed by atoms with Crippen molar-refractivity contribution < 1.29 is 27.7 Å². The van der Waals surface area contributed by atoms with E-state index in [-0.39, 0.29) is 21.8 Å². The number of carbonyl (C=O) groups excluding carboxylic acids is 2. The number of nitro benzene ring substituents is 1. The zero-order valence-corrected chi connectivity index (χ0v) is 16.7. The molecule has 2 aromatic carbocycles. The molecule has 0 saturated carbocycles. The van der Waals surface area contributed by atoms with Crippen molar-refractivity contribution in [2.24, 2.45) is 0 Å². The van der Waals surface area contributed by atoms with E-state index in [1.165, 1.54) is 50.5 Å². The van der Waals surface area contributed by atoms with Crippen LogP contribution in [-0.4, -0.2) is 50.2 Å². The van der Waals surface area contributed by atoms with Crippen molar-refractivity contribution in [1.29, 1.82) is 0 Å². The van der Waals surface area contributed by atoms with Crippen molar-refractivity contribution >= 4 is 33.3 Å². The molecular formula is C18H19N3O7S. The Hall–Kier alpha value is -3.31. The van der Waals surface area contributed by atoms with Crippen LogP contribution >= 0.6 is 0 Å². The van der Waals surface area contributed by atoms with E-state index in [4.69, 9.17) is 4.74 Å². The van der Waals surface area contributed by atoms with Gasteiger partial charge in [-0.05, 0) is 42.8 Å². The average molecular weight is 421 g/mol. The van der Waals surface area contributed by atoms with Gasteiger partial charge in [0.2, 0.25) is 10.0 Å². The van der Waals surface area contributed by atoms with Crippen LogP contribution in [0.3, 0.4) is 0 Å². The summed E-state index contributed by atoms with van der Waals surface area (Å²) in [5.74, 6) is -1.59. The summed E-state index contributed by atoms with van der Waals surface area (Å²) in [6.45, 7) is 1.01. The van der Waals surface area contributed by atoms with Crippen LogP contribution in [0.1, 0.15) is 15.9 Å². The van der Waals surface area contributed by atoms with E-state index in [9.17, 15) is 28.1 Å². The maximum atomic E-state index is 12.0. The van der Waals surface area contributed by atoms with Gasteiger partial charge < -0.3 is 10.1 Å². The standard InChI is InChI=1S/C18H19N3O7S/c1-12-4-9-15(16(10-12)21(24)25)19-17(22)11-28-18(23)13-5-7-14(8-6-13)29(26,27)20(2)3/h4-10H,11H2,1-3H3,(H,19,22). The number of anilines is 1. The quantitative estimate of drug-likeness (QED) is 0.410. The van der Waals surface area contributed by atoms with Crippen molar-refractivity contribution in [3.8, 4) is 0 Å². The summed E-state index contributed by atoms with van der Waals surface area (Å²) in [6.07, 6.45) is 0. The number of carbonyl (C=O) groups is 2. The highest BCUT2D eigenvalue weighted by Crippen LogP contribution is 2.25. The van der Waals surface area contributed by atoms with Crippen LogP contribution in [0, 0.1) is 17.0 Å². The van der Waals surface area contributed by atoms with Crippen molar-refractivity contribution in [3.05, 3.63) is 63.7 Å². The van der Waals surface area contributed by atoms with Crippen molar-refractivity contribution in [2.45, 2.75) is 11.8 Å². The number of aryl methyl sites for hydroxylation is 1. The first-order chi connectivity index (χ1) is 13.5. The molecule has 0 fully saturated rings. The van der Waals surface area contributed by atoms with E-state index in [0.717, 1.165) is 4.31 Å². The molecule has 2 aromatic rings. The number of ether oxygens (including phenoxy) is 1. The second-order valence-corrected chi connectivity index (χ2v) is 8.37. The minimum atomic E-state index is -3.63. The van der Waals surface area contributed by atoms with Crippen molar-refractivity contribution in [2.75, 3.05) is 26.0 Å². The molecule has 0 aliphatic heterocycles. The summed E-state index contributed by atoms with van der Waals surface area (Å²) < 4.78 is 29.9. The summed E-state index contributed by atoms with van der Waals surface area (Å²) in [6, 6.07) is 9.33. The summed E-state index contributed by atoms with van der Waals surface area (Å²) in [4.78, 5) is 34.5. The molecule has 0 spiro atoms. The first-order valence-corrected chi connectivity index (χ1v) is 9.71. The third kappa shape index (κ3) is 5.36. The Labute approximate surface area is 167 Å². The van der Waals surface area contributed by atoms with Gasteiger partial charge in [0.15, 0.2) is 6.61 Å². The molecule has 0 aliphatic rings. The van der Waals surface area contributed by atoms with Gasteiger partial charge in [-0.1, -0.05) is 6.07 Å². The monoisotopic (exact) mass is 421 g/mol. The molecule has 0 aliphatic carbocycles. The minimum absolute atomic E-state index is 0.00322. The van der Waals surface area contributed by atoms with Crippen molar-refractivity contribution in [3.63, 3.8) is 0 Å². The van der Waals surface area contributed by atoms with Gasteiger partial charge in [-0.25, -0.2) is 17.5 Å². The highest BCUT2D eigenvalue weighted by atomic mass is 32.2. The lowest BCUT2D eigenvalue weighted by atomic mass is 10.2. The van der Waals surface area contributed by atoms with Crippen LogP contribution < -0.4 is 5.32 Å². The van der Waals surface area contributed by atoms with Crippen LogP contribution in [0.5, 0.6) is 0 Å². The third-order valence-corrected chi connectivity index (χ3v) is 5.66. The van der Waals surface area contributed by atoms with E-state index in [1.54, 1.807) is 13.0 Å². The average Bonchev–Trinajstić information content (AvgIpc) is 2.67. The molecular weight excluding hydrogens is 402 g/mol. The summed E-state index contributed by atoms with van der Waals surface area (Å²) in [5, 5.41) is 13.4.